The molecule has 76 heavy (non-hydrogen) atoms. The third-order valence-corrected chi connectivity index (χ3v) is 18.9. The Hall–Kier alpha value is -5.12. The number of rotatable bonds is 15. The molecule has 6 fully saturated rings. The molecule has 4 saturated heterocycles. The van der Waals surface area contributed by atoms with Crippen LogP contribution in [0, 0.1) is 23.7 Å². The number of ether oxygens (including phenoxy) is 2. The van der Waals surface area contributed by atoms with Crippen LogP contribution in [0.2, 0.25) is 5.02 Å². The largest absolute Gasteiger partial charge is 0.490 e. The number of carbonyl (C=O) groups excluding carboxylic acids is 4. The summed E-state index contributed by atoms with van der Waals surface area (Å²) < 4.78 is 27.4. The molecule has 21 heteroatoms. The molecule has 2 aliphatic carbocycles. The molecule has 6 heterocycles. The molecule has 5 atom stereocenters. The minimum Gasteiger partial charge on any atom is -0.490 e. The average Bonchev–Trinajstić information content (AvgIpc) is 3.65. The molecule has 4 aromatic rings. The number of thiazole rings is 1. The van der Waals surface area contributed by atoms with Crippen LogP contribution in [-0.4, -0.2) is 141 Å². The lowest BCUT2D eigenvalue weighted by atomic mass is 9.73. The van der Waals surface area contributed by atoms with Gasteiger partial charge >= 0.3 is 0 Å². The predicted molar refractivity (Wildman–Crippen MR) is 290 cm³/mol. The van der Waals surface area contributed by atoms with Crippen LogP contribution in [0.15, 0.2) is 64.2 Å². The molecular weight excluding hydrogens is 1030 g/mol. The first kappa shape index (κ1) is 54.2. The van der Waals surface area contributed by atoms with E-state index in [1.54, 1.807) is 32.5 Å². The maximum absolute atomic E-state index is 14.7. The second-order valence-electron chi connectivity index (χ2n) is 22.9. The molecule has 17 nitrogen and oxygen atoms in total. The predicted octanol–water partition coefficient (Wildman–Crippen LogP) is 6.92. The smallest absolute Gasteiger partial charge is 0.258 e. The fourth-order valence-corrected chi connectivity index (χ4v) is 13.3. The lowest BCUT2D eigenvalue weighted by Crippen LogP contribution is -2.59. The minimum absolute atomic E-state index is 0.0151. The zero-order valence-corrected chi connectivity index (χ0v) is 46.2. The number of carbonyl (C=O) groups is 4. The van der Waals surface area contributed by atoms with Crippen molar-refractivity contribution in [1.82, 2.24) is 35.4 Å². The molecule has 6 N–H and O–H groups in total. The third kappa shape index (κ3) is 11.5. The highest BCUT2D eigenvalue weighted by molar-refractivity contribution is 7.99. The zero-order valence-electron chi connectivity index (χ0n) is 43.9. The SMILES string of the molecule is Cc1ncsc1-c1ccc(CNC(=O)[C@@H]2C[C@@H](O)CN2C(=O)[C@@H](NC(=O)C2(F)CC2)C(C)(C)C)c(OC2CCC(C(=O)N3CC(Nc4cccc(Sc5cnc(N6CCC7(CC6)CO[C@@H](C)[C@H]7N)cn5)c4Cl)C3)CC2)c1. The number of piperidine rings is 1. The van der Waals surface area contributed by atoms with Gasteiger partial charge in [-0.1, -0.05) is 62.3 Å². The van der Waals surface area contributed by atoms with E-state index in [1.165, 1.54) is 28.0 Å². The Kier molecular flexibility index (Phi) is 15.7. The fourth-order valence-electron chi connectivity index (χ4n) is 11.4. The van der Waals surface area contributed by atoms with Crippen LogP contribution in [0.4, 0.5) is 15.9 Å². The van der Waals surface area contributed by atoms with Crippen molar-refractivity contribution in [1.29, 1.82) is 0 Å². The monoisotopic (exact) mass is 1100 g/mol. The van der Waals surface area contributed by atoms with Crippen LogP contribution in [0.3, 0.4) is 0 Å². The highest BCUT2D eigenvalue weighted by Crippen LogP contribution is 2.44. The van der Waals surface area contributed by atoms with E-state index in [0.29, 0.717) is 49.5 Å². The summed E-state index contributed by atoms with van der Waals surface area (Å²) in [7, 11) is 0. The standard InChI is InChI=1S/C55H70ClFN10O7S2/c1-31-46(75-30-62-31)34-9-10-35(23-61-49(69)40-22-37(68)28-67(40)51(71)48(53(3,4)5)64-52(72)55(57)15-16-55)41(21-34)74-38-13-11-33(12-14-38)50(70)66-26-36(27-66)63-39-7-6-8-42(45(39)56)76-44-25-59-43(24-60-44)65-19-17-54(18-20-65)29-73-32(2)47(54)58/h6-10,21,24-25,30,32-33,36-38,40,47-48,63,68H,11-20,22-23,26-29,58H2,1-5H3,(H,61,69)(H,64,72)/t32-,33?,37+,38?,40-,47+,48+/m0/s1. The number of aryl methyl sites for hydroxylation is 1. The van der Waals surface area contributed by atoms with Gasteiger partial charge in [0.05, 0.1) is 70.1 Å². The number of aromatic nitrogens is 3. The number of β-amino-alcohol motifs (C(OH)–C–C–N with tert-alkyl or cyclic N) is 1. The van der Waals surface area contributed by atoms with Crippen molar-refractivity contribution >= 4 is 69.8 Å². The number of aliphatic hydroxyl groups is 1. The maximum atomic E-state index is 14.7. The number of anilines is 2. The summed E-state index contributed by atoms with van der Waals surface area (Å²) in [6.07, 6.45) is 7.43. The van der Waals surface area contributed by atoms with Crippen molar-refractivity contribution in [3.8, 4) is 16.2 Å². The van der Waals surface area contributed by atoms with Crippen LogP contribution >= 0.6 is 34.7 Å². The Morgan fingerprint density at radius 1 is 1.03 bits per heavy atom. The van der Waals surface area contributed by atoms with Crippen LogP contribution < -0.4 is 31.3 Å². The van der Waals surface area contributed by atoms with E-state index >= 15 is 0 Å². The van der Waals surface area contributed by atoms with Gasteiger partial charge in [-0.25, -0.2) is 19.3 Å². The van der Waals surface area contributed by atoms with Crippen LogP contribution in [0.5, 0.6) is 5.75 Å². The summed E-state index contributed by atoms with van der Waals surface area (Å²) in [6, 6.07) is 9.74. The second kappa shape index (κ2) is 22.0. The van der Waals surface area contributed by atoms with Crippen LogP contribution in [0.1, 0.15) is 96.7 Å². The van der Waals surface area contributed by atoms with Crippen LogP contribution in [-0.2, 0) is 30.5 Å². The van der Waals surface area contributed by atoms with E-state index in [4.69, 9.17) is 36.8 Å². The van der Waals surface area contributed by atoms with Crippen molar-refractivity contribution < 1.29 is 38.1 Å². The normalized spacial score (nSPS) is 25.5. The van der Waals surface area contributed by atoms with Gasteiger partial charge in [0.15, 0.2) is 5.67 Å². The van der Waals surface area contributed by atoms with Gasteiger partial charge in [0.2, 0.25) is 17.7 Å². The van der Waals surface area contributed by atoms with E-state index in [0.717, 1.165) is 75.7 Å². The summed E-state index contributed by atoms with van der Waals surface area (Å²) in [6.45, 7) is 12.9. The number of halogens is 2. The van der Waals surface area contributed by atoms with E-state index in [1.807, 2.05) is 54.4 Å². The molecule has 408 valence electrons. The lowest BCUT2D eigenvalue weighted by molar-refractivity contribution is -0.145. The summed E-state index contributed by atoms with van der Waals surface area (Å²) in [5.41, 5.74) is 8.93. The molecule has 10 rings (SSSR count). The molecule has 2 saturated carbocycles. The van der Waals surface area contributed by atoms with Crippen molar-refractivity contribution in [2.45, 2.75) is 157 Å². The number of alkyl halides is 1. The molecule has 0 radical (unpaired) electrons. The molecular formula is C55H70ClFN10O7S2. The first-order valence-electron chi connectivity index (χ1n) is 26.7. The van der Waals surface area contributed by atoms with Gasteiger partial charge in [-0.2, -0.15) is 0 Å². The Bertz CT molecular complexity index is 2790. The molecule has 0 bridgehead atoms. The third-order valence-electron chi connectivity index (χ3n) is 16.5. The van der Waals surface area contributed by atoms with E-state index in [-0.39, 0.29) is 73.9 Å². The van der Waals surface area contributed by atoms with Gasteiger partial charge in [0, 0.05) is 73.5 Å². The summed E-state index contributed by atoms with van der Waals surface area (Å²) in [5.74, 6) is -0.374. The van der Waals surface area contributed by atoms with Crippen molar-refractivity contribution in [2.24, 2.45) is 22.5 Å². The molecule has 0 unspecified atom stereocenters. The molecule has 2 aromatic carbocycles. The van der Waals surface area contributed by atoms with Gasteiger partial charge in [-0.05, 0) is 94.4 Å². The number of nitrogens with one attached hydrogen (secondary N) is 3. The van der Waals surface area contributed by atoms with Crippen molar-refractivity contribution in [3.63, 3.8) is 0 Å². The number of hydrogen-bond donors (Lipinski definition) is 5. The van der Waals surface area contributed by atoms with Crippen molar-refractivity contribution in [2.75, 3.05) is 49.5 Å². The summed E-state index contributed by atoms with van der Waals surface area (Å²) in [5, 5.41) is 21.2. The first-order valence-corrected chi connectivity index (χ1v) is 28.8. The highest BCUT2D eigenvalue weighted by Gasteiger charge is 2.54. The number of nitrogens with two attached hydrogens (primary N) is 1. The molecule has 1 spiro atoms. The Balaban J connectivity index is 0.710. The lowest BCUT2D eigenvalue weighted by Gasteiger charge is -2.43. The van der Waals surface area contributed by atoms with Gasteiger partial charge in [0.25, 0.3) is 5.91 Å². The number of aliphatic hydroxyl groups excluding tert-OH is 1. The number of benzene rings is 2. The average molecular weight is 1100 g/mol. The number of amides is 4. The summed E-state index contributed by atoms with van der Waals surface area (Å²) in [4.78, 5) is 75.9. The fraction of sp³-hybridized carbons (Fsp3) is 0.582. The Morgan fingerprint density at radius 3 is 2.42 bits per heavy atom. The van der Waals surface area contributed by atoms with Gasteiger partial charge in [-0.15, -0.1) is 11.3 Å². The molecule has 6 aliphatic rings. The first-order chi connectivity index (χ1) is 36.3. The quantitative estimate of drug-likeness (QED) is 0.0817. The summed E-state index contributed by atoms with van der Waals surface area (Å²) >= 11 is 9.96. The number of nitrogens with zero attached hydrogens (tertiary/aromatic N) is 6. The van der Waals surface area contributed by atoms with Gasteiger partial charge in [0.1, 0.15) is 28.7 Å². The van der Waals surface area contributed by atoms with Gasteiger partial charge < -0.3 is 51.0 Å². The minimum atomic E-state index is -1.98. The highest BCUT2D eigenvalue weighted by atomic mass is 35.5. The van der Waals surface area contributed by atoms with Crippen molar-refractivity contribution in [3.05, 3.63) is 70.6 Å². The molecule has 4 aliphatic heterocycles. The Labute approximate surface area is 457 Å². The van der Waals surface area contributed by atoms with E-state index in [9.17, 15) is 28.7 Å². The van der Waals surface area contributed by atoms with E-state index in [2.05, 4.69) is 32.8 Å². The topological polar surface area (TPSA) is 217 Å². The number of hydrogen-bond acceptors (Lipinski definition) is 15. The molecule has 2 aromatic heterocycles. The Morgan fingerprint density at radius 2 is 1.78 bits per heavy atom. The maximum Gasteiger partial charge on any atom is 0.258 e. The van der Waals surface area contributed by atoms with Crippen LogP contribution in [0.25, 0.3) is 10.4 Å². The zero-order chi connectivity index (χ0) is 53.7. The molecule has 4 amide bonds. The second-order valence-corrected chi connectivity index (χ2v) is 25.2. The van der Waals surface area contributed by atoms with E-state index < -0.39 is 47.0 Å². The van der Waals surface area contributed by atoms with Gasteiger partial charge in [-0.3, -0.25) is 19.2 Å². The number of likely N-dealkylation sites (tertiary alicyclic amines) is 2.